The molecule has 4 saturated carbocycles. The van der Waals surface area contributed by atoms with E-state index in [1.54, 1.807) is 0 Å². The van der Waals surface area contributed by atoms with E-state index in [1.807, 2.05) is 0 Å². The third-order valence-corrected chi connectivity index (χ3v) is 6.71. The van der Waals surface area contributed by atoms with Crippen molar-refractivity contribution in [3.05, 3.63) is 0 Å². The fourth-order valence-corrected chi connectivity index (χ4v) is 6.48. The molecule has 5 fully saturated rings. The largest absolute Gasteiger partial charge is 0.381 e. The van der Waals surface area contributed by atoms with Crippen molar-refractivity contribution in [2.45, 2.75) is 44.9 Å². The molecule has 0 aromatic rings. The molecule has 3 heteroatoms. The lowest BCUT2D eigenvalue weighted by molar-refractivity contribution is -0.171. The highest BCUT2D eigenvalue weighted by atomic mass is 16.5. The van der Waals surface area contributed by atoms with Gasteiger partial charge in [-0.15, -0.1) is 0 Å². The zero-order valence-corrected chi connectivity index (χ0v) is 11.6. The van der Waals surface area contributed by atoms with Gasteiger partial charge in [0.1, 0.15) is 0 Å². The summed E-state index contributed by atoms with van der Waals surface area (Å²) in [5.74, 6) is 3.23. The predicted molar refractivity (Wildman–Crippen MR) is 72.2 cm³/mol. The number of nitrogens with two attached hydrogens (primary N) is 1. The molecule has 1 aliphatic heterocycles. The number of ether oxygens (including phenoxy) is 1. The van der Waals surface area contributed by atoms with Gasteiger partial charge in [-0.2, -0.15) is 0 Å². The Balaban J connectivity index is 1.71. The van der Waals surface area contributed by atoms with Crippen molar-refractivity contribution >= 4 is 5.91 Å². The molecule has 3 nitrogen and oxygen atoms in total. The smallest absolute Gasteiger partial charge is 0.221 e. The summed E-state index contributed by atoms with van der Waals surface area (Å²) in [5, 5.41) is 0. The number of primary amides is 1. The van der Waals surface area contributed by atoms with Gasteiger partial charge in [0.05, 0.1) is 0 Å². The minimum atomic E-state index is -0.00436. The number of carbonyl (C=O) groups is 1. The van der Waals surface area contributed by atoms with Crippen molar-refractivity contribution in [2.75, 3.05) is 13.2 Å². The zero-order valence-electron chi connectivity index (χ0n) is 11.6. The van der Waals surface area contributed by atoms with E-state index in [2.05, 4.69) is 0 Å². The van der Waals surface area contributed by atoms with Crippen molar-refractivity contribution in [2.24, 2.45) is 40.7 Å². The lowest BCUT2D eigenvalue weighted by atomic mass is 9.41. The molecule has 5 aliphatic rings. The summed E-state index contributed by atoms with van der Waals surface area (Å²) in [7, 11) is 0. The van der Waals surface area contributed by atoms with E-state index in [0.717, 1.165) is 37.9 Å². The van der Waals surface area contributed by atoms with Crippen LogP contribution in [-0.4, -0.2) is 19.1 Å². The Morgan fingerprint density at radius 3 is 2.26 bits per heavy atom. The Bertz CT molecular complexity index is 374. The van der Waals surface area contributed by atoms with E-state index in [1.165, 1.54) is 32.1 Å². The molecule has 0 aromatic heterocycles. The van der Waals surface area contributed by atoms with Crippen molar-refractivity contribution in [3.63, 3.8) is 0 Å². The number of rotatable bonds is 2. The fourth-order valence-electron chi connectivity index (χ4n) is 6.48. The summed E-state index contributed by atoms with van der Waals surface area (Å²) in [4.78, 5) is 12.1. The Hall–Kier alpha value is -0.570. The van der Waals surface area contributed by atoms with Crippen LogP contribution >= 0.6 is 0 Å². The molecule has 4 aliphatic carbocycles. The van der Waals surface area contributed by atoms with Crippen LogP contribution in [0.2, 0.25) is 0 Å². The van der Waals surface area contributed by atoms with Crippen LogP contribution in [0.15, 0.2) is 0 Å². The van der Waals surface area contributed by atoms with Crippen LogP contribution in [0.4, 0.5) is 0 Å². The minimum absolute atomic E-state index is 0.00436. The molecule has 5 rings (SSSR count). The molecule has 0 aromatic carbocycles. The van der Waals surface area contributed by atoms with Crippen LogP contribution < -0.4 is 5.73 Å². The molecular formula is C16H25NO2. The Labute approximate surface area is 115 Å². The normalized spacial score (nSPS) is 49.5. The monoisotopic (exact) mass is 263 g/mol. The molecule has 0 spiro atoms. The van der Waals surface area contributed by atoms with Crippen LogP contribution in [0, 0.1) is 35.0 Å². The highest BCUT2D eigenvalue weighted by Crippen LogP contribution is 2.66. The highest BCUT2D eigenvalue weighted by Gasteiger charge is 2.61. The summed E-state index contributed by atoms with van der Waals surface area (Å²) in [5.41, 5.74) is 6.09. The topological polar surface area (TPSA) is 52.3 Å². The molecule has 4 bridgehead atoms. The molecular weight excluding hydrogens is 238 g/mol. The van der Waals surface area contributed by atoms with Gasteiger partial charge in [-0.25, -0.2) is 0 Å². The van der Waals surface area contributed by atoms with Gasteiger partial charge >= 0.3 is 0 Å². The average Bonchev–Trinajstić information content (AvgIpc) is 2.38. The van der Waals surface area contributed by atoms with E-state index in [-0.39, 0.29) is 17.2 Å². The van der Waals surface area contributed by atoms with Gasteiger partial charge in [-0.05, 0) is 74.0 Å². The van der Waals surface area contributed by atoms with Crippen molar-refractivity contribution in [1.82, 2.24) is 0 Å². The average molecular weight is 263 g/mol. The number of hydrogen-bond acceptors (Lipinski definition) is 2. The fraction of sp³-hybridized carbons (Fsp3) is 0.938. The Morgan fingerprint density at radius 2 is 1.68 bits per heavy atom. The molecule has 0 radical (unpaired) electrons. The number of carbonyl (C=O) groups excluding carboxylic acids is 1. The first-order chi connectivity index (χ1) is 9.19. The van der Waals surface area contributed by atoms with Gasteiger partial charge in [-0.3, -0.25) is 4.79 Å². The zero-order chi connectivity index (χ0) is 13.0. The molecule has 1 heterocycles. The summed E-state index contributed by atoms with van der Waals surface area (Å²) < 4.78 is 5.54. The van der Waals surface area contributed by atoms with Crippen LogP contribution in [0.3, 0.4) is 0 Å². The van der Waals surface area contributed by atoms with Gasteiger partial charge in [0.2, 0.25) is 5.91 Å². The third kappa shape index (κ3) is 1.70. The molecule has 1 saturated heterocycles. The Kier molecular flexibility index (Phi) is 2.70. The summed E-state index contributed by atoms with van der Waals surface area (Å²) >= 11 is 0. The predicted octanol–water partition coefficient (Wildman–Crippen LogP) is 2.34. The van der Waals surface area contributed by atoms with E-state index in [9.17, 15) is 4.79 Å². The van der Waals surface area contributed by atoms with E-state index in [0.29, 0.717) is 11.8 Å². The van der Waals surface area contributed by atoms with E-state index in [4.69, 9.17) is 10.5 Å². The standard InChI is InChI=1S/C16H25NO2/c17-15(18)14-12-6-10-5-11(7-12)9-16(14,8-10)13-1-3-19-4-2-13/h10-14H,1-9H2,(H2,17,18). The molecule has 2 N–H and O–H groups in total. The lowest BCUT2D eigenvalue weighted by Crippen LogP contribution is -2.60. The third-order valence-electron chi connectivity index (χ3n) is 6.71. The van der Waals surface area contributed by atoms with Gasteiger partial charge < -0.3 is 10.5 Å². The SMILES string of the molecule is NC(=O)C1C2CC3CC(C2)CC1(C1CCOCC1)C3. The maximum Gasteiger partial charge on any atom is 0.221 e. The second-order valence-corrected chi connectivity index (χ2v) is 7.61. The van der Waals surface area contributed by atoms with Gasteiger partial charge in [-0.1, -0.05) is 0 Å². The molecule has 1 amide bonds. The van der Waals surface area contributed by atoms with Crippen LogP contribution in [-0.2, 0) is 9.53 Å². The van der Waals surface area contributed by atoms with E-state index >= 15 is 0 Å². The quantitative estimate of drug-likeness (QED) is 0.831. The summed E-state index contributed by atoms with van der Waals surface area (Å²) in [6.07, 6.45) is 8.82. The molecule has 3 unspecified atom stereocenters. The summed E-state index contributed by atoms with van der Waals surface area (Å²) in [6.45, 7) is 1.77. The Morgan fingerprint density at radius 1 is 1.05 bits per heavy atom. The van der Waals surface area contributed by atoms with Crippen LogP contribution in [0.1, 0.15) is 44.9 Å². The minimum Gasteiger partial charge on any atom is -0.381 e. The molecule has 3 atom stereocenters. The van der Waals surface area contributed by atoms with Crippen molar-refractivity contribution < 1.29 is 9.53 Å². The maximum atomic E-state index is 12.1. The highest BCUT2D eigenvalue weighted by molar-refractivity contribution is 5.78. The van der Waals surface area contributed by atoms with Crippen molar-refractivity contribution in [1.29, 1.82) is 0 Å². The molecule has 19 heavy (non-hydrogen) atoms. The van der Waals surface area contributed by atoms with Gasteiger partial charge in [0.25, 0.3) is 0 Å². The van der Waals surface area contributed by atoms with Crippen LogP contribution in [0.5, 0.6) is 0 Å². The maximum absolute atomic E-state index is 12.1. The van der Waals surface area contributed by atoms with Gasteiger partial charge in [0.15, 0.2) is 0 Å². The molecule has 106 valence electrons. The first kappa shape index (κ1) is 12.2. The first-order valence-electron chi connectivity index (χ1n) is 8.06. The summed E-state index contributed by atoms with van der Waals surface area (Å²) in [6, 6.07) is 0. The van der Waals surface area contributed by atoms with Crippen molar-refractivity contribution in [3.8, 4) is 0 Å². The second kappa shape index (κ2) is 4.21. The van der Waals surface area contributed by atoms with Gasteiger partial charge in [0, 0.05) is 19.1 Å². The lowest BCUT2D eigenvalue weighted by Gasteiger charge is -2.63. The number of hydrogen-bond donors (Lipinski definition) is 1. The second-order valence-electron chi connectivity index (χ2n) is 7.61. The van der Waals surface area contributed by atoms with E-state index < -0.39 is 0 Å². The number of amides is 1. The van der Waals surface area contributed by atoms with Crippen LogP contribution in [0.25, 0.3) is 0 Å². The first-order valence-corrected chi connectivity index (χ1v) is 8.06.